The van der Waals surface area contributed by atoms with Crippen molar-refractivity contribution in [2.24, 2.45) is 11.8 Å². The summed E-state index contributed by atoms with van der Waals surface area (Å²) < 4.78 is 5.29. The number of esters is 1. The smallest absolute Gasteiger partial charge is 0.314 e. The van der Waals surface area contributed by atoms with Crippen LogP contribution in [-0.4, -0.2) is 11.1 Å². The number of ether oxygens (including phenoxy) is 1. The minimum atomic E-state index is -0.136. The number of phenols is 1. The minimum absolute atomic E-state index is 0. The van der Waals surface area contributed by atoms with Crippen LogP contribution in [0.25, 0.3) is 0 Å². The number of carbonyl (C=O) groups is 1. The largest absolute Gasteiger partial charge is 0.508 e. The van der Waals surface area contributed by atoms with Crippen LogP contribution >= 0.6 is 0 Å². The Morgan fingerprint density at radius 3 is 2.16 bits per heavy atom. The van der Waals surface area contributed by atoms with Gasteiger partial charge in [-0.05, 0) is 55.9 Å². The van der Waals surface area contributed by atoms with Gasteiger partial charge in [0, 0.05) is 42.1 Å². The molecule has 0 atom stereocenters. The van der Waals surface area contributed by atoms with E-state index in [1.54, 1.807) is 12.1 Å². The van der Waals surface area contributed by atoms with Gasteiger partial charge in [-0.15, -0.1) is 0 Å². The van der Waals surface area contributed by atoms with Crippen molar-refractivity contribution in [1.29, 1.82) is 0 Å². The van der Waals surface area contributed by atoms with Crippen LogP contribution in [0.15, 0.2) is 24.3 Å². The first-order valence-electron chi connectivity index (χ1n) is 6.16. The fourth-order valence-electron chi connectivity index (χ4n) is 2.21. The molecular formula is C14H18O3W2. The third-order valence-electron chi connectivity index (χ3n) is 3.40. The van der Waals surface area contributed by atoms with Crippen LogP contribution in [0.4, 0.5) is 0 Å². The number of benzene rings is 1. The third-order valence-corrected chi connectivity index (χ3v) is 3.40. The molecule has 0 spiro atoms. The Bertz CT molecular complexity index is 384. The fraction of sp³-hybridized carbons (Fsp3) is 0.500. The van der Waals surface area contributed by atoms with E-state index in [4.69, 9.17) is 9.84 Å². The summed E-state index contributed by atoms with van der Waals surface area (Å²) in [6.45, 7) is 2.22. The zero-order chi connectivity index (χ0) is 12.3. The van der Waals surface area contributed by atoms with Gasteiger partial charge in [0.25, 0.3) is 0 Å². The summed E-state index contributed by atoms with van der Waals surface area (Å²) >= 11 is 0. The molecule has 0 unspecified atom stereocenters. The maximum atomic E-state index is 11.9. The van der Waals surface area contributed by atoms with Crippen molar-refractivity contribution >= 4 is 5.97 Å². The second kappa shape index (κ2) is 8.92. The van der Waals surface area contributed by atoms with Crippen LogP contribution in [0.1, 0.15) is 32.6 Å². The number of hydrogen-bond acceptors (Lipinski definition) is 3. The molecule has 0 heterocycles. The molecule has 1 aromatic rings. The summed E-state index contributed by atoms with van der Waals surface area (Å²) in [7, 11) is 0. The van der Waals surface area contributed by atoms with Crippen molar-refractivity contribution in [2.75, 3.05) is 0 Å². The van der Waals surface area contributed by atoms with Crippen molar-refractivity contribution in [3.8, 4) is 11.5 Å². The van der Waals surface area contributed by atoms with E-state index in [9.17, 15) is 4.79 Å². The van der Waals surface area contributed by atoms with E-state index in [0.29, 0.717) is 5.75 Å². The molecule has 5 heteroatoms. The first kappa shape index (κ1) is 18.9. The predicted molar refractivity (Wildman–Crippen MR) is 64.9 cm³/mol. The van der Waals surface area contributed by atoms with Crippen LogP contribution in [-0.2, 0) is 46.9 Å². The van der Waals surface area contributed by atoms with E-state index in [1.165, 1.54) is 12.1 Å². The number of hydrogen-bond donors (Lipinski definition) is 1. The normalized spacial score (nSPS) is 21.7. The van der Waals surface area contributed by atoms with Crippen molar-refractivity contribution in [3.63, 3.8) is 0 Å². The molecule has 3 nitrogen and oxygen atoms in total. The molecule has 1 aliphatic carbocycles. The quantitative estimate of drug-likeness (QED) is 0.419. The molecule has 1 aromatic carbocycles. The minimum Gasteiger partial charge on any atom is -0.508 e. The molecular weight excluding hydrogens is 584 g/mol. The average molecular weight is 602 g/mol. The molecule has 1 fully saturated rings. The monoisotopic (exact) mass is 602 g/mol. The summed E-state index contributed by atoms with van der Waals surface area (Å²) in [5.41, 5.74) is 0. The number of rotatable bonds is 2. The molecule has 0 bridgehead atoms. The van der Waals surface area contributed by atoms with Crippen LogP contribution in [0.2, 0.25) is 0 Å². The van der Waals surface area contributed by atoms with E-state index in [-0.39, 0.29) is 59.8 Å². The van der Waals surface area contributed by atoms with Crippen molar-refractivity contribution < 1.29 is 56.8 Å². The molecule has 0 amide bonds. The fourth-order valence-corrected chi connectivity index (χ4v) is 2.21. The van der Waals surface area contributed by atoms with Gasteiger partial charge in [-0.25, -0.2) is 0 Å². The molecule has 104 valence electrons. The Balaban J connectivity index is 0.00000162. The zero-order valence-corrected chi connectivity index (χ0v) is 16.7. The van der Waals surface area contributed by atoms with Gasteiger partial charge in [-0.3, -0.25) is 4.79 Å². The number of carbonyl (C=O) groups excluding carboxylic acids is 1. The first-order valence-corrected chi connectivity index (χ1v) is 6.16. The summed E-state index contributed by atoms with van der Waals surface area (Å²) in [4.78, 5) is 11.9. The van der Waals surface area contributed by atoms with E-state index in [1.807, 2.05) is 0 Å². The average Bonchev–Trinajstić information content (AvgIpc) is 2.33. The van der Waals surface area contributed by atoms with Crippen LogP contribution < -0.4 is 4.74 Å². The Labute approximate surface area is 142 Å². The molecule has 0 aromatic heterocycles. The van der Waals surface area contributed by atoms with Crippen molar-refractivity contribution in [2.45, 2.75) is 32.6 Å². The summed E-state index contributed by atoms with van der Waals surface area (Å²) in [6.07, 6.45) is 4.07. The standard InChI is InChI=1S/C14H18O3.2W/c1-10-2-4-11(5-3-10)14(16)17-13-8-6-12(15)7-9-13;;/h6-11,15H,2-5H2,1H3;;. The van der Waals surface area contributed by atoms with Crippen LogP contribution in [0.5, 0.6) is 11.5 Å². The molecule has 1 aliphatic rings. The summed E-state index contributed by atoms with van der Waals surface area (Å²) in [5.74, 6) is 1.32. The molecule has 1 saturated carbocycles. The zero-order valence-electron chi connectivity index (χ0n) is 10.9. The van der Waals surface area contributed by atoms with Gasteiger partial charge < -0.3 is 9.84 Å². The Hall–Kier alpha value is -0.133. The Kier molecular flexibility index (Phi) is 8.86. The van der Waals surface area contributed by atoms with Crippen molar-refractivity contribution in [3.05, 3.63) is 24.3 Å². The second-order valence-electron chi connectivity index (χ2n) is 4.87. The molecule has 19 heavy (non-hydrogen) atoms. The van der Waals surface area contributed by atoms with Gasteiger partial charge in [-0.2, -0.15) is 0 Å². The van der Waals surface area contributed by atoms with Gasteiger partial charge in [-0.1, -0.05) is 6.92 Å². The SMILES string of the molecule is CC1CCC(C(=O)Oc2ccc(O)cc2)CC1.[W].[W]. The maximum Gasteiger partial charge on any atom is 0.314 e. The number of aromatic hydroxyl groups is 1. The van der Waals surface area contributed by atoms with E-state index >= 15 is 0 Å². The van der Waals surface area contributed by atoms with E-state index < -0.39 is 0 Å². The predicted octanol–water partition coefficient (Wildman–Crippen LogP) is 3.12. The number of phenolic OH excluding ortho intramolecular Hbond substituents is 1. The first-order chi connectivity index (χ1) is 8.15. The summed E-state index contributed by atoms with van der Waals surface area (Å²) in [5, 5.41) is 9.13. The maximum absolute atomic E-state index is 11.9. The molecule has 0 saturated heterocycles. The van der Waals surface area contributed by atoms with Crippen LogP contribution in [0.3, 0.4) is 0 Å². The van der Waals surface area contributed by atoms with Gasteiger partial charge in [0.15, 0.2) is 0 Å². The Morgan fingerprint density at radius 1 is 1.11 bits per heavy atom. The van der Waals surface area contributed by atoms with Gasteiger partial charge in [0.05, 0.1) is 5.92 Å². The second-order valence-corrected chi connectivity index (χ2v) is 4.87. The van der Waals surface area contributed by atoms with E-state index in [2.05, 4.69) is 6.92 Å². The molecule has 0 radical (unpaired) electrons. The topological polar surface area (TPSA) is 46.5 Å². The summed E-state index contributed by atoms with van der Waals surface area (Å²) in [6, 6.07) is 6.26. The van der Waals surface area contributed by atoms with Crippen molar-refractivity contribution in [1.82, 2.24) is 0 Å². The van der Waals surface area contributed by atoms with Gasteiger partial charge in [0.1, 0.15) is 11.5 Å². The third kappa shape index (κ3) is 5.79. The van der Waals surface area contributed by atoms with E-state index in [0.717, 1.165) is 31.6 Å². The van der Waals surface area contributed by atoms with Gasteiger partial charge in [0.2, 0.25) is 0 Å². The molecule has 2 rings (SSSR count). The molecule has 1 N–H and O–H groups in total. The van der Waals surface area contributed by atoms with Gasteiger partial charge >= 0.3 is 5.97 Å². The Morgan fingerprint density at radius 2 is 1.63 bits per heavy atom. The molecule has 0 aliphatic heterocycles. The van der Waals surface area contributed by atoms with Crippen LogP contribution in [0, 0.1) is 11.8 Å².